The molecule has 12 heteroatoms. The van der Waals surface area contributed by atoms with E-state index in [0.717, 1.165) is 30.3 Å². The predicted molar refractivity (Wildman–Crippen MR) is 84.0 cm³/mol. The molecule has 2 rings (SSSR count). The van der Waals surface area contributed by atoms with Crippen LogP contribution in [0.2, 0.25) is 0 Å². The third-order valence-corrected chi connectivity index (χ3v) is 4.99. The Morgan fingerprint density at radius 1 is 1.04 bits per heavy atom. The molecular weight excluding hydrogens is 378 g/mol. The number of rotatable bonds is 5. The Bertz CT molecular complexity index is 1070. The van der Waals surface area contributed by atoms with Gasteiger partial charge in [-0.05, 0) is 24.3 Å². The smallest absolute Gasteiger partial charge is 0.300 e. The molecular formula is C13H13NO9S2. The predicted octanol–water partition coefficient (Wildman–Crippen LogP) is 0.183. The monoisotopic (exact) mass is 391 g/mol. The Hall–Kier alpha value is -2.25. The van der Waals surface area contributed by atoms with Gasteiger partial charge >= 0.3 is 0 Å². The molecule has 25 heavy (non-hydrogen) atoms. The van der Waals surface area contributed by atoms with Crippen molar-refractivity contribution in [3.05, 3.63) is 46.2 Å². The number of methoxy groups -OCH3 is 1. The maximum atomic E-state index is 12.5. The minimum Gasteiger partial charge on any atom is -0.494 e. The first-order chi connectivity index (χ1) is 11.5. The molecule has 3 N–H and O–H groups in total. The summed E-state index contributed by atoms with van der Waals surface area (Å²) in [5.74, 6) is -0.663. The maximum Gasteiger partial charge on any atom is 0.300 e. The summed E-state index contributed by atoms with van der Waals surface area (Å²) in [5, 5.41) is 10.0. The Morgan fingerprint density at radius 2 is 1.60 bits per heavy atom. The first-order valence-electron chi connectivity index (χ1n) is 6.49. The number of benzene rings is 1. The van der Waals surface area contributed by atoms with E-state index in [9.17, 15) is 31.3 Å². The van der Waals surface area contributed by atoms with Crippen LogP contribution in [0.4, 0.5) is 0 Å². The zero-order valence-corrected chi connectivity index (χ0v) is 14.3. The molecule has 1 aromatic carbocycles. The maximum absolute atomic E-state index is 12.5. The van der Waals surface area contributed by atoms with Crippen LogP contribution in [0, 0.1) is 0 Å². The minimum absolute atomic E-state index is 0.0937. The normalized spacial score (nSPS) is 12.3. The lowest BCUT2D eigenvalue weighted by atomic mass is 10.2. The molecule has 0 atom stereocenters. The lowest BCUT2D eigenvalue weighted by molar-refractivity contribution is 0.181. The van der Waals surface area contributed by atoms with Crippen LogP contribution >= 0.6 is 0 Å². The Balaban J connectivity index is 2.77. The zero-order chi connectivity index (χ0) is 19.0. The number of aromatic nitrogens is 1. The van der Waals surface area contributed by atoms with Gasteiger partial charge in [-0.2, -0.15) is 16.8 Å². The summed E-state index contributed by atoms with van der Waals surface area (Å²) in [6, 6.07) is 4.95. The van der Waals surface area contributed by atoms with Crippen LogP contribution in [0.25, 0.3) is 5.69 Å². The summed E-state index contributed by atoms with van der Waals surface area (Å²) >= 11 is 0. The highest BCUT2D eigenvalue weighted by Gasteiger charge is 2.25. The number of pyridine rings is 1. The van der Waals surface area contributed by atoms with Crippen molar-refractivity contribution < 1.29 is 35.8 Å². The van der Waals surface area contributed by atoms with Gasteiger partial charge in [0.15, 0.2) is 10.8 Å². The molecule has 0 bridgehead atoms. The Kier molecular flexibility index (Phi) is 5.02. The second-order valence-electron chi connectivity index (χ2n) is 4.87. The summed E-state index contributed by atoms with van der Waals surface area (Å²) in [6.07, 6.45) is 0. The van der Waals surface area contributed by atoms with Gasteiger partial charge in [-0.25, -0.2) is 4.57 Å². The average molecular weight is 391 g/mol. The van der Waals surface area contributed by atoms with E-state index in [1.165, 1.54) is 7.11 Å². The van der Waals surface area contributed by atoms with Crippen molar-refractivity contribution in [2.75, 3.05) is 7.11 Å². The van der Waals surface area contributed by atoms with Crippen molar-refractivity contribution in [1.82, 2.24) is 4.57 Å². The van der Waals surface area contributed by atoms with E-state index in [4.69, 9.17) is 9.29 Å². The molecule has 136 valence electrons. The number of hydrogen-bond acceptors (Lipinski definition) is 7. The van der Waals surface area contributed by atoms with Crippen LogP contribution in [-0.2, 0) is 31.6 Å². The largest absolute Gasteiger partial charge is 0.494 e. The number of hydrogen-bond donors (Lipinski definition) is 3. The van der Waals surface area contributed by atoms with Crippen LogP contribution in [0.1, 0.15) is 5.56 Å². The van der Waals surface area contributed by atoms with Crippen molar-refractivity contribution >= 4 is 20.2 Å². The van der Waals surface area contributed by atoms with Gasteiger partial charge in [-0.15, -0.1) is 0 Å². The van der Waals surface area contributed by atoms with Crippen LogP contribution in [-0.4, -0.2) is 42.7 Å². The van der Waals surface area contributed by atoms with E-state index in [0.29, 0.717) is 4.57 Å². The van der Waals surface area contributed by atoms with Gasteiger partial charge in [-0.1, -0.05) is 0 Å². The van der Waals surface area contributed by atoms with Gasteiger partial charge in [0, 0.05) is 18.7 Å². The molecule has 10 nitrogen and oxygen atoms in total. The van der Waals surface area contributed by atoms with Crippen LogP contribution in [0.5, 0.6) is 5.88 Å². The Labute approximate surface area is 142 Å². The highest BCUT2D eigenvalue weighted by Crippen LogP contribution is 2.22. The average Bonchev–Trinajstić information content (AvgIpc) is 2.45. The lowest BCUT2D eigenvalue weighted by Gasteiger charge is -2.13. The highest BCUT2D eigenvalue weighted by molar-refractivity contribution is 7.86. The molecule has 0 saturated carbocycles. The van der Waals surface area contributed by atoms with Gasteiger partial charge in [0.25, 0.3) is 25.8 Å². The molecule has 1 heterocycles. The third-order valence-electron chi connectivity index (χ3n) is 3.17. The fraction of sp³-hybridized carbons (Fsp3) is 0.154. The van der Waals surface area contributed by atoms with Crippen molar-refractivity contribution in [2.24, 2.45) is 0 Å². The molecule has 0 amide bonds. The summed E-state index contributed by atoms with van der Waals surface area (Å²) < 4.78 is 68.6. The van der Waals surface area contributed by atoms with Gasteiger partial charge in [-0.3, -0.25) is 13.9 Å². The van der Waals surface area contributed by atoms with Gasteiger partial charge in [0.05, 0.1) is 17.2 Å². The van der Waals surface area contributed by atoms with E-state index in [1.54, 1.807) is 0 Å². The topological polar surface area (TPSA) is 160 Å². The van der Waals surface area contributed by atoms with Crippen molar-refractivity contribution in [3.63, 3.8) is 0 Å². The zero-order valence-electron chi connectivity index (χ0n) is 12.6. The number of ether oxygens (including phenoxy) is 1. The first kappa shape index (κ1) is 19.1. The fourth-order valence-corrected chi connectivity index (χ4v) is 3.43. The van der Waals surface area contributed by atoms with Gasteiger partial charge < -0.3 is 9.84 Å². The molecule has 1 aromatic heterocycles. The van der Waals surface area contributed by atoms with Gasteiger partial charge in [0.2, 0.25) is 0 Å². The molecule has 0 saturated heterocycles. The molecule has 2 aromatic rings. The van der Waals surface area contributed by atoms with E-state index in [-0.39, 0.29) is 17.9 Å². The van der Waals surface area contributed by atoms with E-state index >= 15 is 0 Å². The van der Waals surface area contributed by atoms with Crippen molar-refractivity contribution in [3.8, 4) is 11.6 Å². The van der Waals surface area contributed by atoms with Crippen molar-refractivity contribution in [2.45, 2.75) is 16.4 Å². The molecule has 0 fully saturated rings. The second kappa shape index (κ2) is 6.57. The number of aromatic hydroxyl groups is 1. The summed E-state index contributed by atoms with van der Waals surface area (Å²) in [7, 11) is -8.17. The molecule has 0 aliphatic carbocycles. The summed E-state index contributed by atoms with van der Waals surface area (Å²) in [6.45, 7) is -0.361. The van der Waals surface area contributed by atoms with Crippen LogP contribution < -0.4 is 5.56 Å². The molecule has 0 unspecified atom stereocenters. The van der Waals surface area contributed by atoms with Gasteiger partial charge in [0.1, 0.15) is 0 Å². The highest BCUT2D eigenvalue weighted by atomic mass is 32.2. The van der Waals surface area contributed by atoms with Crippen LogP contribution in [0.15, 0.2) is 44.9 Å². The minimum atomic E-state index is -4.93. The van der Waals surface area contributed by atoms with Crippen molar-refractivity contribution in [1.29, 1.82) is 0 Å². The first-order valence-corrected chi connectivity index (χ1v) is 9.37. The van der Waals surface area contributed by atoms with E-state index < -0.39 is 41.5 Å². The second-order valence-corrected chi connectivity index (χ2v) is 7.65. The van der Waals surface area contributed by atoms with Crippen LogP contribution in [0.3, 0.4) is 0 Å². The number of nitrogens with zero attached hydrogens (tertiary/aromatic N) is 1. The standard InChI is InChI=1S/C13H13NO9S2/c1-23-7-8-6-11(15)14(13(16)12(8)25(20,21)22)9-2-4-10(5-3-9)24(17,18)19/h2-6,15H,7H2,1H3,(H,17,18,19)(H,20,21,22). The third kappa shape index (κ3) is 3.88. The van der Waals surface area contributed by atoms with E-state index in [1.807, 2.05) is 0 Å². The molecule has 0 spiro atoms. The molecule has 0 radical (unpaired) electrons. The fourth-order valence-electron chi connectivity index (χ4n) is 2.18. The molecule has 0 aliphatic rings. The Morgan fingerprint density at radius 3 is 2.04 bits per heavy atom. The summed E-state index contributed by atoms with van der Waals surface area (Å²) in [4.78, 5) is 11.0. The van der Waals surface area contributed by atoms with E-state index in [2.05, 4.69) is 0 Å². The summed E-state index contributed by atoms with van der Waals surface area (Å²) in [5.41, 5.74) is -1.60. The molecule has 0 aliphatic heterocycles. The SMILES string of the molecule is COCc1cc(O)n(-c2ccc(S(=O)(=O)O)cc2)c(=O)c1S(=O)(=O)O. The quantitative estimate of drug-likeness (QED) is 0.604. The lowest BCUT2D eigenvalue weighted by Crippen LogP contribution is -2.27.